The number of rotatable bonds is 3. The molecular formula is C17H12BrClN2O3S. The van der Waals surface area contributed by atoms with Crippen LogP contribution >= 0.6 is 39.3 Å². The van der Waals surface area contributed by atoms with E-state index in [0.717, 1.165) is 4.47 Å². The second-order valence-electron chi connectivity index (χ2n) is 5.01. The van der Waals surface area contributed by atoms with Crippen molar-refractivity contribution in [3.63, 3.8) is 0 Å². The molecule has 0 spiro atoms. The van der Waals surface area contributed by atoms with Crippen molar-refractivity contribution in [1.82, 2.24) is 5.32 Å². The molecule has 1 saturated heterocycles. The molecule has 2 aromatic rings. The highest BCUT2D eigenvalue weighted by atomic mass is 79.9. The lowest BCUT2D eigenvalue weighted by Crippen LogP contribution is -2.19. The first kappa shape index (κ1) is 17.8. The fourth-order valence-electron chi connectivity index (χ4n) is 2.14. The molecule has 1 fully saturated rings. The summed E-state index contributed by atoms with van der Waals surface area (Å²) in [6.07, 6.45) is 1.59. The number of amidine groups is 1. The lowest BCUT2D eigenvalue weighted by Gasteiger charge is -2.07. The number of thioether (sulfide) groups is 1. The molecule has 5 nitrogen and oxygen atoms in total. The Bertz CT molecular complexity index is 915. The third-order valence-electron chi connectivity index (χ3n) is 3.27. The van der Waals surface area contributed by atoms with E-state index < -0.39 is 0 Å². The average molecular weight is 440 g/mol. The fourth-order valence-corrected chi connectivity index (χ4v) is 3.62. The Morgan fingerprint density at radius 1 is 1.36 bits per heavy atom. The van der Waals surface area contributed by atoms with Gasteiger partial charge in [0.1, 0.15) is 0 Å². The van der Waals surface area contributed by atoms with Crippen molar-refractivity contribution in [3.8, 4) is 11.5 Å². The number of nitrogens with zero attached hydrogens (tertiary/aromatic N) is 1. The number of benzene rings is 2. The van der Waals surface area contributed by atoms with Gasteiger partial charge in [-0.2, -0.15) is 0 Å². The van der Waals surface area contributed by atoms with Gasteiger partial charge < -0.3 is 15.2 Å². The lowest BCUT2D eigenvalue weighted by atomic mass is 10.1. The topological polar surface area (TPSA) is 70.9 Å². The summed E-state index contributed by atoms with van der Waals surface area (Å²) in [4.78, 5) is 16.9. The minimum Gasteiger partial charge on any atom is -0.504 e. The lowest BCUT2D eigenvalue weighted by molar-refractivity contribution is -0.115. The summed E-state index contributed by atoms with van der Waals surface area (Å²) in [5.41, 5.74) is 1.11. The van der Waals surface area contributed by atoms with Crippen LogP contribution in [0.5, 0.6) is 11.5 Å². The smallest absolute Gasteiger partial charge is 0.264 e. The van der Waals surface area contributed by atoms with Crippen LogP contribution in [0.2, 0.25) is 5.02 Å². The van der Waals surface area contributed by atoms with E-state index in [4.69, 9.17) is 16.3 Å². The second-order valence-corrected chi connectivity index (χ2v) is 7.39. The largest absolute Gasteiger partial charge is 0.504 e. The fraction of sp³-hybridized carbons (Fsp3) is 0.0588. The molecule has 2 N–H and O–H groups in total. The maximum Gasteiger partial charge on any atom is 0.264 e. The molecule has 1 heterocycles. The third kappa shape index (κ3) is 4.18. The van der Waals surface area contributed by atoms with Gasteiger partial charge in [0, 0.05) is 15.1 Å². The van der Waals surface area contributed by atoms with E-state index in [0.29, 0.717) is 32.1 Å². The number of carbonyl (C=O) groups is 1. The van der Waals surface area contributed by atoms with Gasteiger partial charge in [0.15, 0.2) is 16.7 Å². The summed E-state index contributed by atoms with van der Waals surface area (Å²) in [6, 6.07) is 10.4. The Labute approximate surface area is 161 Å². The molecule has 25 heavy (non-hydrogen) atoms. The van der Waals surface area contributed by atoms with Gasteiger partial charge in [-0.25, -0.2) is 4.99 Å². The molecule has 1 aliphatic heterocycles. The Kier molecular flexibility index (Phi) is 5.36. The standard InChI is InChI=1S/C17H12BrClN2O3S/c1-24-13-7-10(18)5-9(15(13)22)6-14-16(23)21-17(25-14)20-12-4-2-3-11(19)8-12/h2-8,22H,1H3,(H,20,21,23)/b14-6-. The van der Waals surface area contributed by atoms with Gasteiger partial charge in [0.25, 0.3) is 5.91 Å². The van der Waals surface area contributed by atoms with Crippen molar-refractivity contribution in [2.75, 3.05) is 7.11 Å². The van der Waals surface area contributed by atoms with E-state index in [1.165, 1.54) is 18.9 Å². The number of amides is 1. The van der Waals surface area contributed by atoms with Crippen molar-refractivity contribution in [2.45, 2.75) is 0 Å². The first-order valence-corrected chi connectivity index (χ1v) is 9.06. The second kappa shape index (κ2) is 7.51. The highest BCUT2D eigenvalue weighted by Crippen LogP contribution is 2.37. The molecule has 3 rings (SSSR count). The zero-order valence-electron chi connectivity index (χ0n) is 12.9. The summed E-state index contributed by atoms with van der Waals surface area (Å²) >= 11 is 10.5. The van der Waals surface area contributed by atoms with Crippen molar-refractivity contribution >= 4 is 62.1 Å². The molecular weight excluding hydrogens is 428 g/mol. The van der Waals surface area contributed by atoms with E-state index in [9.17, 15) is 9.90 Å². The predicted molar refractivity (Wildman–Crippen MR) is 105 cm³/mol. The van der Waals surface area contributed by atoms with Gasteiger partial charge in [0.2, 0.25) is 0 Å². The molecule has 2 aromatic carbocycles. The number of methoxy groups -OCH3 is 1. The highest BCUT2D eigenvalue weighted by Gasteiger charge is 2.24. The molecule has 0 atom stereocenters. The number of phenolic OH excluding ortho intramolecular Hbond substituents is 1. The van der Waals surface area contributed by atoms with Crippen LogP contribution in [0.1, 0.15) is 5.56 Å². The van der Waals surface area contributed by atoms with Gasteiger partial charge in [0.05, 0.1) is 17.7 Å². The van der Waals surface area contributed by atoms with Crippen LogP contribution in [0, 0.1) is 0 Å². The number of aliphatic imine (C=N–C) groups is 1. The number of phenols is 1. The van der Waals surface area contributed by atoms with Crippen molar-refractivity contribution in [1.29, 1.82) is 0 Å². The van der Waals surface area contributed by atoms with E-state index in [1.807, 2.05) is 0 Å². The molecule has 0 aromatic heterocycles. The van der Waals surface area contributed by atoms with E-state index in [2.05, 4.69) is 26.2 Å². The minimum atomic E-state index is -0.288. The van der Waals surface area contributed by atoms with Gasteiger partial charge in [-0.05, 0) is 48.2 Å². The van der Waals surface area contributed by atoms with Gasteiger partial charge in [-0.3, -0.25) is 4.79 Å². The third-order valence-corrected chi connectivity index (χ3v) is 4.87. The SMILES string of the molecule is COc1cc(Br)cc(/C=C2\SC(=Nc3cccc(Cl)c3)NC2=O)c1O. The molecule has 0 aliphatic carbocycles. The Morgan fingerprint density at radius 2 is 2.16 bits per heavy atom. The number of aromatic hydroxyl groups is 1. The number of hydrogen-bond donors (Lipinski definition) is 2. The zero-order valence-corrected chi connectivity index (χ0v) is 16.1. The maximum absolute atomic E-state index is 12.2. The molecule has 0 radical (unpaired) electrons. The highest BCUT2D eigenvalue weighted by molar-refractivity contribution is 9.10. The first-order valence-electron chi connectivity index (χ1n) is 7.08. The average Bonchev–Trinajstić information content (AvgIpc) is 2.90. The van der Waals surface area contributed by atoms with Gasteiger partial charge in [-0.15, -0.1) is 0 Å². The summed E-state index contributed by atoms with van der Waals surface area (Å²) in [7, 11) is 1.46. The number of halogens is 2. The van der Waals surface area contributed by atoms with Crippen LogP contribution in [0.3, 0.4) is 0 Å². The van der Waals surface area contributed by atoms with Crippen LogP contribution in [-0.2, 0) is 4.79 Å². The number of carbonyl (C=O) groups excluding carboxylic acids is 1. The van der Waals surface area contributed by atoms with Crippen LogP contribution in [0.4, 0.5) is 5.69 Å². The molecule has 0 unspecified atom stereocenters. The zero-order chi connectivity index (χ0) is 18.0. The van der Waals surface area contributed by atoms with Crippen LogP contribution in [0.15, 0.2) is 50.8 Å². The summed E-state index contributed by atoms with van der Waals surface area (Å²) in [6.45, 7) is 0. The Morgan fingerprint density at radius 3 is 2.88 bits per heavy atom. The molecule has 1 aliphatic rings. The molecule has 8 heteroatoms. The number of hydrogen-bond acceptors (Lipinski definition) is 5. The number of nitrogens with one attached hydrogen (secondary N) is 1. The van der Waals surface area contributed by atoms with Crippen LogP contribution < -0.4 is 10.1 Å². The Hall–Kier alpha value is -1.96. The van der Waals surface area contributed by atoms with Crippen molar-refractivity contribution in [2.24, 2.45) is 4.99 Å². The molecule has 128 valence electrons. The monoisotopic (exact) mass is 438 g/mol. The van der Waals surface area contributed by atoms with Gasteiger partial charge >= 0.3 is 0 Å². The van der Waals surface area contributed by atoms with Crippen molar-refractivity contribution in [3.05, 3.63) is 56.4 Å². The quantitative estimate of drug-likeness (QED) is 0.680. The number of ether oxygens (including phenoxy) is 1. The van der Waals surface area contributed by atoms with Crippen LogP contribution in [0.25, 0.3) is 6.08 Å². The van der Waals surface area contributed by atoms with E-state index in [-0.39, 0.29) is 11.7 Å². The van der Waals surface area contributed by atoms with E-state index >= 15 is 0 Å². The predicted octanol–water partition coefficient (Wildman–Crippen LogP) is 4.71. The molecule has 0 bridgehead atoms. The first-order chi connectivity index (χ1) is 12.0. The molecule has 1 amide bonds. The maximum atomic E-state index is 12.2. The normalized spacial score (nSPS) is 17.2. The summed E-state index contributed by atoms with van der Waals surface area (Å²) < 4.78 is 5.84. The summed E-state index contributed by atoms with van der Waals surface area (Å²) in [5.74, 6) is -0.00611. The van der Waals surface area contributed by atoms with Crippen LogP contribution in [-0.4, -0.2) is 23.3 Å². The minimum absolute atomic E-state index is 0.0353. The van der Waals surface area contributed by atoms with E-state index in [1.54, 1.807) is 42.5 Å². The van der Waals surface area contributed by atoms with Gasteiger partial charge in [-0.1, -0.05) is 33.6 Å². The Balaban J connectivity index is 1.91. The molecule has 0 saturated carbocycles. The van der Waals surface area contributed by atoms with Crippen molar-refractivity contribution < 1.29 is 14.6 Å². The summed E-state index contributed by atoms with van der Waals surface area (Å²) in [5, 5.41) is 13.9.